The minimum Gasteiger partial charge on any atom is -0.483 e. The van der Waals surface area contributed by atoms with Gasteiger partial charge in [0.05, 0.1) is 11.4 Å². The van der Waals surface area contributed by atoms with E-state index in [1.54, 1.807) is 54.6 Å². The number of benzene rings is 3. The largest absolute Gasteiger partial charge is 0.483 e. The summed E-state index contributed by atoms with van der Waals surface area (Å²) in [5.41, 5.74) is 3.09. The number of nitrogens with zero attached hydrogens (tertiary/aromatic N) is 1. The highest BCUT2D eigenvalue weighted by molar-refractivity contribution is 8.18. The maximum absolute atomic E-state index is 12.9. The molecule has 0 aromatic heterocycles. The second kappa shape index (κ2) is 10.6. The number of anilines is 1. The van der Waals surface area contributed by atoms with Gasteiger partial charge in [-0.05, 0) is 66.2 Å². The maximum atomic E-state index is 12.9. The lowest BCUT2D eigenvalue weighted by atomic mass is 10.1. The number of rotatable bonds is 7. The number of para-hydroxylation sites is 1. The minimum atomic E-state index is -0.387. The number of thioether (sulfide) groups is 1. The van der Waals surface area contributed by atoms with E-state index in [1.165, 1.54) is 4.90 Å². The third-order valence-electron chi connectivity index (χ3n) is 4.97. The highest BCUT2D eigenvalue weighted by Gasteiger charge is 2.35. The minimum absolute atomic E-state index is 0.139. The fraction of sp³-hybridized carbons (Fsp3) is 0.115. The number of hydrogen-bond acceptors (Lipinski definition) is 5. The molecule has 1 saturated heterocycles. The van der Waals surface area contributed by atoms with Crippen LogP contribution >= 0.6 is 23.4 Å². The van der Waals surface area contributed by atoms with Crippen molar-refractivity contribution < 1.29 is 19.1 Å². The van der Waals surface area contributed by atoms with Gasteiger partial charge in [-0.25, -0.2) is 0 Å². The van der Waals surface area contributed by atoms with E-state index in [9.17, 15) is 14.4 Å². The molecule has 1 N–H and O–H groups in total. The third-order valence-corrected chi connectivity index (χ3v) is 6.11. The summed E-state index contributed by atoms with van der Waals surface area (Å²) in [4.78, 5) is 39.2. The van der Waals surface area contributed by atoms with Crippen LogP contribution in [0, 0.1) is 6.92 Å². The molecule has 1 aliphatic heterocycles. The molecule has 0 aliphatic carbocycles. The monoisotopic (exact) mass is 492 g/mol. The van der Waals surface area contributed by atoms with E-state index < -0.39 is 0 Å². The van der Waals surface area contributed by atoms with E-state index in [1.807, 2.05) is 31.2 Å². The molecule has 0 atom stereocenters. The van der Waals surface area contributed by atoms with Crippen molar-refractivity contribution in [3.8, 4) is 5.75 Å². The summed E-state index contributed by atoms with van der Waals surface area (Å²) in [5, 5.41) is 2.98. The van der Waals surface area contributed by atoms with Gasteiger partial charge in [0.15, 0.2) is 6.61 Å². The molecular formula is C26H21ClN2O4S. The molecule has 0 unspecified atom stereocenters. The van der Waals surface area contributed by atoms with Gasteiger partial charge in [-0.2, -0.15) is 0 Å². The molecule has 1 fully saturated rings. The van der Waals surface area contributed by atoms with Crippen LogP contribution in [0.25, 0.3) is 6.08 Å². The van der Waals surface area contributed by atoms with Crippen molar-refractivity contribution in [3.05, 3.63) is 99.4 Å². The summed E-state index contributed by atoms with van der Waals surface area (Å²) in [5.74, 6) is -0.257. The van der Waals surface area contributed by atoms with Gasteiger partial charge in [-0.15, -0.1) is 0 Å². The first-order chi connectivity index (χ1) is 16.4. The predicted octanol–water partition coefficient (Wildman–Crippen LogP) is 5.90. The molecule has 0 saturated carbocycles. The fourth-order valence-electron chi connectivity index (χ4n) is 3.39. The van der Waals surface area contributed by atoms with Crippen LogP contribution in [0.1, 0.15) is 16.7 Å². The van der Waals surface area contributed by atoms with Crippen LogP contribution in [0.2, 0.25) is 5.02 Å². The summed E-state index contributed by atoms with van der Waals surface area (Å²) in [6, 6.07) is 21.6. The normalized spacial score (nSPS) is 14.5. The van der Waals surface area contributed by atoms with Gasteiger partial charge in [0, 0.05) is 16.3 Å². The molecule has 0 spiro atoms. The zero-order valence-electron chi connectivity index (χ0n) is 18.3. The Morgan fingerprint density at radius 3 is 2.65 bits per heavy atom. The summed E-state index contributed by atoms with van der Waals surface area (Å²) in [7, 11) is 0. The number of aryl methyl sites for hydroxylation is 1. The quantitative estimate of drug-likeness (QED) is 0.415. The number of amides is 3. The predicted molar refractivity (Wildman–Crippen MR) is 135 cm³/mol. The Labute approximate surface area is 206 Å². The van der Waals surface area contributed by atoms with E-state index in [2.05, 4.69) is 5.32 Å². The second-order valence-corrected chi connectivity index (χ2v) is 9.07. The first-order valence-electron chi connectivity index (χ1n) is 10.5. The number of ether oxygens (including phenoxy) is 1. The Balaban J connectivity index is 1.44. The average Bonchev–Trinajstić information content (AvgIpc) is 3.06. The molecule has 34 heavy (non-hydrogen) atoms. The van der Waals surface area contributed by atoms with Crippen molar-refractivity contribution in [1.82, 2.24) is 4.90 Å². The van der Waals surface area contributed by atoms with Gasteiger partial charge in [0.25, 0.3) is 17.1 Å². The number of imide groups is 1. The van der Waals surface area contributed by atoms with Crippen LogP contribution in [0.3, 0.4) is 0 Å². The van der Waals surface area contributed by atoms with Crippen molar-refractivity contribution in [2.24, 2.45) is 0 Å². The average molecular weight is 493 g/mol. The SMILES string of the molecule is Cc1cccc(NC(=O)COc2ccccc2/C=C2\SC(=O)N(Cc3cccc(Cl)c3)C2=O)c1. The van der Waals surface area contributed by atoms with E-state index in [0.717, 1.165) is 22.9 Å². The number of carbonyl (C=O) groups is 3. The van der Waals surface area contributed by atoms with Crippen LogP contribution in [0.15, 0.2) is 77.7 Å². The number of halogens is 1. The lowest BCUT2D eigenvalue weighted by Gasteiger charge is -2.12. The summed E-state index contributed by atoms with van der Waals surface area (Å²) < 4.78 is 5.72. The topological polar surface area (TPSA) is 75.7 Å². The molecule has 1 aliphatic rings. The van der Waals surface area contributed by atoms with Gasteiger partial charge in [0.1, 0.15) is 5.75 Å². The summed E-state index contributed by atoms with van der Waals surface area (Å²) in [6.07, 6.45) is 1.61. The van der Waals surface area contributed by atoms with Crippen LogP contribution in [-0.4, -0.2) is 28.6 Å². The molecule has 172 valence electrons. The molecule has 3 amide bonds. The highest BCUT2D eigenvalue weighted by atomic mass is 35.5. The molecule has 4 rings (SSSR count). The van der Waals surface area contributed by atoms with Gasteiger partial charge in [-0.3, -0.25) is 19.3 Å². The van der Waals surface area contributed by atoms with Crippen molar-refractivity contribution in [3.63, 3.8) is 0 Å². The molecule has 8 heteroatoms. The van der Waals surface area contributed by atoms with Crippen LogP contribution in [0.5, 0.6) is 5.75 Å². The maximum Gasteiger partial charge on any atom is 0.293 e. The van der Waals surface area contributed by atoms with E-state index >= 15 is 0 Å². The van der Waals surface area contributed by atoms with Crippen LogP contribution in [-0.2, 0) is 16.1 Å². The molecular weight excluding hydrogens is 472 g/mol. The zero-order valence-corrected chi connectivity index (χ0v) is 19.9. The van der Waals surface area contributed by atoms with E-state index in [0.29, 0.717) is 22.0 Å². The van der Waals surface area contributed by atoms with Crippen LogP contribution in [0.4, 0.5) is 10.5 Å². The molecule has 6 nitrogen and oxygen atoms in total. The third kappa shape index (κ3) is 5.87. The molecule has 0 radical (unpaired) electrons. The Hall–Kier alpha value is -3.55. The number of nitrogens with one attached hydrogen (secondary N) is 1. The summed E-state index contributed by atoms with van der Waals surface area (Å²) >= 11 is 6.88. The second-order valence-electron chi connectivity index (χ2n) is 7.64. The molecule has 3 aromatic rings. The highest BCUT2D eigenvalue weighted by Crippen LogP contribution is 2.35. The Kier molecular flexibility index (Phi) is 7.35. The molecule has 1 heterocycles. The van der Waals surface area contributed by atoms with Crippen molar-refractivity contribution in [1.29, 1.82) is 0 Å². The molecule has 3 aromatic carbocycles. The number of hydrogen-bond donors (Lipinski definition) is 1. The molecule has 0 bridgehead atoms. The van der Waals surface area contributed by atoms with Gasteiger partial charge in [0.2, 0.25) is 0 Å². The van der Waals surface area contributed by atoms with Crippen molar-refractivity contribution in [2.45, 2.75) is 13.5 Å². The van der Waals surface area contributed by atoms with Gasteiger partial charge in [-0.1, -0.05) is 54.1 Å². The smallest absolute Gasteiger partial charge is 0.293 e. The van der Waals surface area contributed by atoms with Gasteiger partial charge >= 0.3 is 0 Å². The first kappa shape index (κ1) is 23.6. The van der Waals surface area contributed by atoms with Crippen LogP contribution < -0.4 is 10.1 Å². The van der Waals surface area contributed by atoms with Gasteiger partial charge < -0.3 is 10.1 Å². The first-order valence-corrected chi connectivity index (χ1v) is 11.7. The standard InChI is InChI=1S/C26H21ClN2O4S/c1-17-6-4-10-21(12-17)28-24(30)16-33-22-11-3-2-8-19(22)14-23-25(31)29(26(32)34-23)15-18-7-5-9-20(27)13-18/h2-14H,15-16H2,1H3,(H,28,30)/b23-14-. The zero-order chi connectivity index (χ0) is 24.1. The Morgan fingerprint density at radius 1 is 1.06 bits per heavy atom. The lowest BCUT2D eigenvalue weighted by molar-refractivity contribution is -0.123. The van der Waals surface area contributed by atoms with Crippen molar-refractivity contribution in [2.75, 3.05) is 11.9 Å². The van der Waals surface area contributed by atoms with E-state index in [-0.39, 0.29) is 35.1 Å². The Morgan fingerprint density at radius 2 is 1.85 bits per heavy atom. The fourth-order valence-corrected chi connectivity index (χ4v) is 4.43. The Bertz CT molecular complexity index is 1290. The van der Waals surface area contributed by atoms with E-state index in [4.69, 9.17) is 16.3 Å². The lowest BCUT2D eigenvalue weighted by Crippen LogP contribution is -2.27. The number of carbonyl (C=O) groups excluding carboxylic acids is 3. The summed E-state index contributed by atoms with van der Waals surface area (Å²) in [6.45, 7) is 1.88. The van der Waals surface area contributed by atoms with Crippen molar-refractivity contribution >= 4 is 52.2 Å².